The Kier molecular flexibility index (Phi) is 5.10. The van der Waals surface area contributed by atoms with E-state index >= 15 is 0 Å². The molecule has 0 spiro atoms. The molecular weight excluding hydrogens is 242 g/mol. The van der Waals surface area contributed by atoms with Crippen LogP contribution in [-0.2, 0) is 16.0 Å². The van der Waals surface area contributed by atoms with Crippen LogP contribution in [0.25, 0.3) is 0 Å². The van der Waals surface area contributed by atoms with Crippen molar-refractivity contribution >= 4 is 11.9 Å². The van der Waals surface area contributed by atoms with Gasteiger partial charge in [-0.25, -0.2) is 4.79 Å². The van der Waals surface area contributed by atoms with Crippen molar-refractivity contribution in [1.82, 2.24) is 5.32 Å². The van der Waals surface area contributed by atoms with Crippen LogP contribution in [0.3, 0.4) is 0 Å². The lowest BCUT2D eigenvalue weighted by atomic mass is 9.88. The molecule has 4 heteroatoms. The first kappa shape index (κ1) is 15.2. The predicted molar refractivity (Wildman–Crippen MR) is 73.8 cm³/mol. The van der Waals surface area contributed by atoms with Crippen LogP contribution in [0.15, 0.2) is 30.3 Å². The van der Waals surface area contributed by atoms with Gasteiger partial charge in [0, 0.05) is 11.8 Å². The van der Waals surface area contributed by atoms with Gasteiger partial charge in [0.1, 0.15) is 6.04 Å². The number of carbonyl (C=O) groups excluding carboxylic acids is 1. The molecule has 0 unspecified atom stereocenters. The normalized spacial score (nSPS) is 12.8. The minimum atomic E-state index is -1.01. The number of aliphatic carboxylic acids is 1. The monoisotopic (exact) mass is 263 g/mol. The number of carbonyl (C=O) groups is 2. The number of hydrogen-bond acceptors (Lipinski definition) is 2. The van der Waals surface area contributed by atoms with Crippen molar-refractivity contribution in [3.63, 3.8) is 0 Å². The van der Waals surface area contributed by atoms with E-state index < -0.39 is 17.4 Å². The number of amides is 1. The van der Waals surface area contributed by atoms with Crippen LogP contribution in [0.1, 0.15) is 32.8 Å². The highest BCUT2D eigenvalue weighted by molar-refractivity contribution is 5.87. The zero-order chi connectivity index (χ0) is 14.5. The largest absolute Gasteiger partial charge is 0.480 e. The van der Waals surface area contributed by atoms with Gasteiger partial charge in [0.05, 0.1) is 0 Å². The van der Waals surface area contributed by atoms with E-state index in [1.807, 2.05) is 51.1 Å². The van der Waals surface area contributed by atoms with Crippen LogP contribution in [0.5, 0.6) is 0 Å². The fraction of sp³-hybridized carbons (Fsp3) is 0.467. The molecule has 19 heavy (non-hydrogen) atoms. The number of benzene rings is 1. The molecule has 1 atom stereocenters. The smallest absolute Gasteiger partial charge is 0.326 e. The molecule has 0 aromatic heterocycles. The summed E-state index contributed by atoms with van der Waals surface area (Å²) in [5.41, 5.74) is 0.342. The lowest BCUT2D eigenvalue weighted by Crippen LogP contribution is -2.47. The Morgan fingerprint density at radius 3 is 2.32 bits per heavy atom. The minimum Gasteiger partial charge on any atom is -0.480 e. The molecule has 1 amide bonds. The third-order valence-corrected chi connectivity index (χ3v) is 3.38. The zero-order valence-electron chi connectivity index (χ0n) is 11.6. The molecule has 0 saturated heterocycles. The standard InChI is InChI=1S/C15H21NO3/c1-4-15(2,3)14(19)16-12(13(17)18)10-11-8-6-5-7-9-11/h5-9,12H,4,10H2,1-3H3,(H,16,19)(H,17,18)/t12-/m1/s1. The molecule has 4 nitrogen and oxygen atoms in total. The minimum absolute atomic E-state index is 0.224. The summed E-state index contributed by atoms with van der Waals surface area (Å²) in [6.45, 7) is 5.53. The second-order valence-corrected chi connectivity index (χ2v) is 5.29. The van der Waals surface area contributed by atoms with Crippen molar-refractivity contribution in [3.05, 3.63) is 35.9 Å². The molecular formula is C15H21NO3. The van der Waals surface area contributed by atoms with Crippen LogP contribution in [0, 0.1) is 5.41 Å². The van der Waals surface area contributed by atoms with E-state index in [0.717, 1.165) is 5.56 Å². The maximum atomic E-state index is 12.0. The molecule has 0 aliphatic rings. The molecule has 2 N–H and O–H groups in total. The van der Waals surface area contributed by atoms with Crippen LogP contribution in [0.2, 0.25) is 0 Å². The Hall–Kier alpha value is -1.84. The SMILES string of the molecule is CCC(C)(C)C(=O)N[C@H](Cc1ccccc1)C(=O)O. The van der Waals surface area contributed by atoms with Gasteiger partial charge in [-0.2, -0.15) is 0 Å². The first-order valence-corrected chi connectivity index (χ1v) is 6.44. The maximum Gasteiger partial charge on any atom is 0.326 e. The summed E-state index contributed by atoms with van der Waals surface area (Å²) in [5, 5.41) is 11.8. The van der Waals surface area contributed by atoms with Crippen LogP contribution in [-0.4, -0.2) is 23.0 Å². The summed E-state index contributed by atoms with van der Waals surface area (Å²) in [6, 6.07) is 8.40. The van der Waals surface area contributed by atoms with Crippen molar-refractivity contribution in [1.29, 1.82) is 0 Å². The second kappa shape index (κ2) is 6.36. The van der Waals surface area contributed by atoms with Gasteiger partial charge >= 0.3 is 5.97 Å². The van der Waals surface area contributed by atoms with E-state index in [1.54, 1.807) is 0 Å². The van der Waals surface area contributed by atoms with Crippen molar-refractivity contribution in [2.24, 2.45) is 5.41 Å². The molecule has 0 fully saturated rings. The number of carboxylic acid groups (broad SMARTS) is 1. The number of carboxylic acids is 1. The average molecular weight is 263 g/mol. The van der Waals surface area contributed by atoms with Crippen LogP contribution < -0.4 is 5.32 Å². The summed E-state index contributed by atoms with van der Waals surface area (Å²) in [4.78, 5) is 23.3. The summed E-state index contributed by atoms with van der Waals surface area (Å²) >= 11 is 0. The van der Waals surface area contributed by atoms with Gasteiger partial charge < -0.3 is 10.4 Å². The van der Waals surface area contributed by atoms with Gasteiger partial charge in [-0.1, -0.05) is 51.1 Å². The van der Waals surface area contributed by atoms with E-state index in [0.29, 0.717) is 12.8 Å². The summed E-state index contributed by atoms with van der Waals surface area (Å²) in [7, 11) is 0. The second-order valence-electron chi connectivity index (χ2n) is 5.29. The predicted octanol–water partition coefficient (Wildman–Crippen LogP) is 2.23. The molecule has 104 valence electrons. The van der Waals surface area contributed by atoms with E-state index in [-0.39, 0.29) is 5.91 Å². The highest BCUT2D eigenvalue weighted by atomic mass is 16.4. The Bertz CT molecular complexity index is 440. The highest BCUT2D eigenvalue weighted by Crippen LogP contribution is 2.20. The topological polar surface area (TPSA) is 66.4 Å². The molecule has 0 aliphatic heterocycles. The first-order chi connectivity index (χ1) is 8.86. The number of rotatable bonds is 6. The Morgan fingerprint density at radius 2 is 1.84 bits per heavy atom. The van der Waals surface area contributed by atoms with Crippen LogP contribution >= 0.6 is 0 Å². The average Bonchev–Trinajstić information content (AvgIpc) is 2.38. The van der Waals surface area contributed by atoms with Gasteiger partial charge in [0.25, 0.3) is 0 Å². The summed E-state index contributed by atoms with van der Waals surface area (Å²) < 4.78 is 0. The fourth-order valence-electron chi connectivity index (χ4n) is 1.56. The Labute approximate surface area is 113 Å². The van der Waals surface area contributed by atoms with Crippen molar-refractivity contribution in [2.75, 3.05) is 0 Å². The van der Waals surface area contributed by atoms with Gasteiger partial charge in [-0.3, -0.25) is 4.79 Å². The van der Waals surface area contributed by atoms with E-state index in [2.05, 4.69) is 5.32 Å². The third-order valence-electron chi connectivity index (χ3n) is 3.38. The number of hydrogen-bond donors (Lipinski definition) is 2. The quantitative estimate of drug-likeness (QED) is 0.827. The highest BCUT2D eigenvalue weighted by Gasteiger charge is 2.29. The summed E-state index contributed by atoms with van der Waals surface area (Å²) in [6.07, 6.45) is 0.957. The van der Waals surface area contributed by atoms with E-state index in [9.17, 15) is 14.7 Å². The zero-order valence-corrected chi connectivity index (χ0v) is 11.6. The van der Waals surface area contributed by atoms with Gasteiger partial charge in [-0.05, 0) is 12.0 Å². The van der Waals surface area contributed by atoms with Crippen molar-refractivity contribution < 1.29 is 14.7 Å². The Balaban J connectivity index is 2.75. The molecule has 1 rings (SSSR count). The first-order valence-electron chi connectivity index (χ1n) is 6.44. The van der Waals surface area contributed by atoms with Crippen molar-refractivity contribution in [2.45, 2.75) is 39.7 Å². The fourth-order valence-corrected chi connectivity index (χ4v) is 1.56. The number of nitrogens with one attached hydrogen (secondary N) is 1. The van der Waals surface area contributed by atoms with E-state index in [1.165, 1.54) is 0 Å². The molecule has 0 bridgehead atoms. The van der Waals surface area contributed by atoms with Gasteiger partial charge in [0.15, 0.2) is 0 Å². The lowest BCUT2D eigenvalue weighted by molar-refractivity contribution is -0.143. The summed E-state index contributed by atoms with van der Waals surface area (Å²) in [5.74, 6) is -1.23. The van der Waals surface area contributed by atoms with E-state index in [4.69, 9.17) is 0 Å². The molecule has 0 heterocycles. The lowest BCUT2D eigenvalue weighted by Gasteiger charge is -2.24. The molecule has 0 saturated carbocycles. The van der Waals surface area contributed by atoms with Crippen molar-refractivity contribution in [3.8, 4) is 0 Å². The van der Waals surface area contributed by atoms with Crippen LogP contribution in [0.4, 0.5) is 0 Å². The third kappa shape index (κ3) is 4.39. The maximum absolute atomic E-state index is 12.0. The molecule has 0 radical (unpaired) electrons. The molecule has 1 aromatic rings. The molecule has 0 aliphatic carbocycles. The van der Waals surface area contributed by atoms with Gasteiger partial charge in [-0.15, -0.1) is 0 Å². The van der Waals surface area contributed by atoms with Gasteiger partial charge in [0.2, 0.25) is 5.91 Å². The molecule has 1 aromatic carbocycles. The Morgan fingerprint density at radius 1 is 1.26 bits per heavy atom.